The van der Waals surface area contributed by atoms with Crippen molar-refractivity contribution in [2.45, 2.75) is 44.1 Å². The maximum Gasteiger partial charge on any atom is 0.257 e. The van der Waals surface area contributed by atoms with Crippen molar-refractivity contribution in [3.05, 3.63) is 58.8 Å². The number of pyridine rings is 1. The highest BCUT2D eigenvalue weighted by atomic mass is 16.5. The lowest BCUT2D eigenvalue weighted by molar-refractivity contribution is 0.0927. The van der Waals surface area contributed by atoms with Crippen LogP contribution in [0.25, 0.3) is 0 Å². The molecule has 24 heavy (non-hydrogen) atoms. The number of amides is 1. The van der Waals surface area contributed by atoms with Crippen LogP contribution in [0.2, 0.25) is 0 Å². The molecule has 0 radical (unpaired) electrons. The maximum atomic E-state index is 12.8. The number of fused-ring (bicyclic) bond motifs is 1. The molecule has 1 fully saturated rings. The van der Waals surface area contributed by atoms with E-state index in [0.29, 0.717) is 11.4 Å². The third kappa shape index (κ3) is 2.88. The molecule has 4 nitrogen and oxygen atoms in total. The van der Waals surface area contributed by atoms with Gasteiger partial charge in [0.25, 0.3) is 5.91 Å². The molecular formula is C20H22N2O2. The zero-order chi connectivity index (χ0) is 16.6. The van der Waals surface area contributed by atoms with E-state index in [2.05, 4.69) is 22.4 Å². The molecule has 2 aliphatic carbocycles. The van der Waals surface area contributed by atoms with E-state index in [1.165, 1.54) is 11.1 Å². The average Bonchev–Trinajstić information content (AvgIpc) is 3.19. The standard InChI is InChI=1S/C20H22N2O2/c1-24-19-16(12-15-8-5-9-17(15)21-19)18(23)22-20(10-11-20)13-14-6-3-2-4-7-14/h2-4,6-7,12H,5,8-11,13H2,1H3,(H,22,23). The van der Waals surface area contributed by atoms with Gasteiger partial charge < -0.3 is 10.1 Å². The zero-order valence-electron chi connectivity index (χ0n) is 14.0. The lowest BCUT2D eigenvalue weighted by Gasteiger charge is -2.19. The molecule has 2 aliphatic rings. The molecule has 1 aromatic heterocycles. The molecule has 4 rings (SSSR count). The van der Waals surface area contributed by atoms with Gasteiger partial charge in [-0.05, 0) is 55.7 Å². The minimum Gasteiger partial charge on any atom is -0.480 e. The molecule has 4 heteroatoms. The smallest absolute Gasteiger partial charge is 0.257 e. The number of methoxy groups -OCH3 is 1. The van der Waals surface area contributed by atoms with Gasteiger partial charge in [-0.15, -0.1) is 0 Å². The summed E-state index contributed by atoms with van der Waals surface area (Å²) in [5, 5.41) is 3.24. The molecule has 0 aliphatic heterocycles. The van der Waals surface area contributed by atoms with Gasteiger partial charge in [-0.2, -0.15) is 0 Å². The fourth-order valence-electron chi connectivity index (χ4n) is 3.56. The molecule has 1 saturated carbocycles. The predicted molar refractivity (Wildman–Crippen MR) is 92.4 cm³/mol. The van der Waals surface area contributed by atoms with Gasteiger partial charge in [-0.1, -0.05) is 30.3 Å². The van der Waals surface area contributed by atoms with E-state index in [4.69, 9.17) is 4.74 Å². The van der Waals surface area contributed by atoms with Crippen molar-refractivity contribution in [1.82, 2.24) is 10.3 Å². The summed E-state index contributed by atoms with van der Waals surface area (Å²) in [7, 11) is 1.58. The number of benzene rings is 1. The number of nitrogens with zero attached hydrogens (tertiary/aromatic N) is 1. The summed E-state index contributed by atoms with van der Waals surface area (Å²) >= 11 is 0. The Labute approximate surface area is 142 Å². The van der Waals surface area contributed by atoms with Crippen LogP contribution in [0.3, 0.4) is 0 Å². The first kappa shape index (κ1) is 15.2. The first-order valence-corrected chi connectivity index (χ1v) is 8.62. The molecule has 0 bridgehead atoms. The molecule has 1 aromatic carbocycles. The summed E-state index contributed by atoms with van der Waals surface area (Å²) in [6.45, 7) is 0. The Balaban J connectivity index is 1.54. The van der Waals surface area contributed by atoms with Gasteiger partial charge in [0.05, 0.1) is 7.11 Å². The van der Waals surface area contributed by atoms with Crippen LogP contribution in [0.15, 0.2) is 36.4 Å². The van der Waals surface area contributed by atoms with Crippen LogP contribution in [0, 0.1) is 0 Å². The molecule has 0 unspecified atom stereocenters. The second-order valence-corrected chi connectivity index (χ2v) is 6.90. The number of hydrogen-bond donors (Lipinski definition) is 1. The lowest BCUT2D eigenvalue weighted by Crippen LogP contribution is -2.38. The number of aromatic nitrogens is 1. The Hall–Kier alpha value is -2.36. The highest BCUT2D eigenvalue weighted by molar-refractivity contribution is 5.97. The van der Waals surface area contributed by atoms with Crippen LogP contribution in [0.5, 0.6) is 5.88 Å². The van der Waals surface area contributed by atoms with Gasteiger partial charge in [0.15, 0.2) is 0 Å². The summed E-state index contributed by atoms with van der Waals surface area (Å²) in [5.74, 6) is 0.381. The van der Waals surface area contributed by atoms with Crippen molar-refractivity contribution in [2.75, 3.05) is 7.11 Å². The Morgan fingerprint density at radius 3 is 2.75 bits per heavy atom. The zero-order valence-corrected chi connectivity index (χ0v) is 14.0. The molecule has 1 amide bonds. The molecule has 1 N–H and O–H groups in total. The highest BCUT2D eigenvalue weighted by Gasteiger charge is 2.44. The molecular weight excluding hydrogens is 300 g/mol. The second-order valence-electron chi connectivity index (χ2n) is 6.90. The molecule has 0 spiro atoms. The summed E-state index contributed by atoms with van der Waals surface area (Å²) < 4.78 is 5.37. The molecule has 0 saturated heterocycles. The Morgan fingerprint density at radius 1 is 1.25 bits per heavy atom. The summed E-state index contributed by atoms with van der Waals surface area (Å²) in [6, 6.07) is 12.3. The topological polar surface area (TPSA) is 51.2 Å². The summed E-state index contributed by atoms with van der Waals surface area (Å²) in [6.07, 6.45) is 6.00. The number of carbonyl (C=O) groups is 1. The van der Waals surface area contributed by atoms with E-state index >= 15 is 0 Å². The second kappa shape index (κ2) is 5.93. The highest BCUT2D eigenvalue weighted by Crippen LogP contribution is 2.39. The predicted octanol–water partition coefficient (Wildman–Crippen LogP) is 3.08. The number of ether oxygens (including phenoxy) is 1. The first-order chi connectivity index (χ1) is 11.7. The Bertz CT molecular complexity index is 767. The minimum atomic E-state index is -0.109. The van der Waals surface area contributed by atoms with Crippen LogP contribution in [-0.4, -0.2) is 23.5 Å². The van der Waals surface area contributed by atoms with Crippen LogP contribution in [0.4, 0.5) is 0 Å². The van der Waals surface area contributed by atoms with Crippen molar-refractivity contribution >= 4 is 5.91 Å². The molecule has 124 valence electrons. The van der Waals surface area contributed by atoms with Gasteiger partial charge in [0, 0.05) is 11.2 Å². The van der Waals surface area contributed by atoms with Crippen molar-refractivity contribution in [3.63, 3.8) is 0 Å². The van der Waals surface area contributed by atoms with Gasteiger partial charge in [-0.25, -0.2) is 4.98 Å². The number of rotatable bonds is 5. The SMILES string of the molecule is COc1nc2c(cc1C(=O)NC1(Cc3ccccc3)CC1)CCC2. The number of carbonyl (C=O) groups excluding carboxylic acids is 1. The van der Waals surface area contributed by atoms with Gasteiger partial charge in [-0.3, -0.25) is 4.79 Å². The summed E-state index contributed by atoms with van der Waals surface area (Å²) in [4.78, 5) is 17.4. The van der Waals surface area contributed by atoms with Crippen LogP contribution < -0.4 is 10.1 Å². The van der Waals surface area contributed by atoms with Crippen LogP contribution in [-0.2, 0) is 19.3 Å². The van der Waals surface area contributed by atoms with Gasteiger partial charge in [0.1, 0.15) is 5.56 Å². The van der Waals surface area contributed by atoms with Gasteiger partial charge in [0.2, 0.25) is 5.88 Å². The van der Waals surface area contributed by atoms with E-state index < -0.39 is 0 Å². The third-order valence-corrected chi connectivity index (χ3v) is 5.07. The molecule has 0 atom stereocenters. The number of hydrogen-bond acceptors (Lipinski definition) is 3. The van der Waals surface area contributed by atoms with E-state index in [9.17, 15) is 4.79 Å². The minimum absolute atomic E-state index is 0.0671. The molecule has 1 heterocycles. The normalized spacial score (nSPS) is 17.2. The maximum absolute atomic E-state index is 12.8. The third-order valence-electron chi connectivity index (χ3n) is 5.07. The first-order valence-electron chi connectivity index (χ1n) is 8.62. The Morgan fingerprint density at radius 2 is 2.04 bits per heavy atom. The van der Waals surface area contributed by atoms with Crippen LogP contribution in [0.1, 0.15) is 46.4 Å². The summed E-state index contributed by atoms with van der Waals surface area (Å²) in [5.41, 5.74) is 3.98. The van der Waals surface area contributed by atoms with E-state index in [1.807, 2.05) is 24.3 Å². The number of aryl methyl sites for hydroxylation is 2. The monoisotopic (exact) mass is 322 g/mol. The van der Waals surface area contributed by atoms with Crippen molar-refractivity contribution in [2.24, 2.45) is 0 Å². The van der Waals surface area contributed by atoms with Crippen molar-refractivity contribution in [1.29, 1.82) is 0 Å². The molecule has 2 aromatic rings. The van der Waals surface area contributed by atoms with Gasteiger partial charge >= 0.3 is 0 Å². The lowest BCUT2D eigenvalue weighted by atomic mass is 10.0. The Kier molecular flexibility index (Phi) is 3.75. The van der Waals surface area contributed by atoms with Crippen molar-refractivity contribution < 1.29 is 9.53 Å². The van der Waals surface area contributed by atoms with Crippen molar-refractivity contribution in [3.8, 4) is 5.88 Å². The van der Waals surface area contributed by atoms with Crippen LogP contribution >= 0.6 is 0 Å². The fraction of sp³-hybridized carbons (Fsp3) is 0.400. The fourth-order valence-corrected chi connectivity index (χ4v) is 3.56. The van der Waals surface area contributed by atoms with E-state index in [0.717, 1.165) is 44.2 Å². The largest absolute Gasteiger partial charge is 0.480 e. The quantitative estimate of drug-likeness (QED) is 0.920. The average molecular weight is 322 g/mol. The van der Waals surface area contributed by atoms with E-state index in [-0.39, 0.29) is 11.4 Å². The van der Waals surface area contributed by atoms with E-state index in [1.54, 1.807) is 7.11 Å². The number of nitrogens with one attached hydrogen (secondary N) is 1.